The van der Waals surface area contributed by atoms with Crippen LogP contribution in [0.3, 0.4) is 0 Å². The Morgan fingerprint density at radius 1 is 1.08 bits per heavy atom. The first-order valence-electron chi connectivity index (χ1n) is 7.95. The lowest BCUT2D eigenvalue weighted by Crippen LogP contribution is -2.31. The molecule has 0 aromatic heterocycles. The maximum atomic E-state index is 12.8. The number of amides is 1. The zero-order valence-corrected chi connectivity index (χ0v) is 14.1. The summed E-state index contributed by atoms with van der Waals surface area (Å²) < 4.78 is 23.2. The van der Waals surface area contributed by atoms with Gasteiger partial charge in [0.15, 0.2) is 12.7 Å². The molecule has 0 bridgehead atoms. The van der Waals surface area contributed by atoms with E-state index in [1.165, 1.54) is 36.8 Å². The summed E-state index contributed by atoms with van der Waals surface area (Å²) in [4.78, 5) is 23.7. The van der Waals surface area contributed by atoms with Crippen LogP contribution in [0, 0.1) is 5.82 Å². The first kappa shape index (κ1) is 18.4. The van der Waals surface area contributed by atoms with E-state index in [0.29, 0.717) is 11.4 Å². The molecule has 132 valence electrons. The molecule has 2 aromatic carbocycles. The van der Waals surface area contributed by atoms with Crippen molar-refractivity contribution < 1.29 is 23.5 Å². The molecule has 6 heteroatoms. The predicted octanol–water partition coefficient (Wildman–Crippen LogP) is 3.34. The maximum absolute atomic E-state index is 12.8. The van der Waals surface area contributed by atoms with Gasteiger partial charge in [-0.1, -0.05) is 19.1 Å². The second kappa shape index (κ2) is 8.82. The van der Waals surface area contributed by atoms with Gasteiger partial charge in [0, 0.05) is 5.69 Å². The minimum absolute atomic E-state index is 0.292. The van der Waals surface area contributed by atoms with Crippen LogP contribution < -0.4 is 10.1 Å². The molecule has 0 saturated carbocycles. The Labute approximate surface area is 145 Å². The van der Waals surface area contributed by atoms with Gasteiger partial charge in [0.05, 0.1) is 0 Å². The number of rotatable bonds is 7. The molecule has 1 atom stereocenters. The van der Waals surface area contributed by atoms with Crippen LogP contribution in [0.5, 0.6) is 5.75 Å². The summed E-state index contributed by atoms with van der Waals surface area (Å²) in [6.45, 7) is 3.21. The zero-order valence-electron chi connectivity index (χ0n) is 14.1. The van der Waals surface area contributed by atoms with Crippen LogP contribution in [-0.4, -0.2) is 24.6 Å². The minimum Gasteiger partial charge on any atom is -0.482 e. The van der Waals surface area contributed by atoms with Gasteiger partial charge >= 0.3 is 5.97 Å². The van der Waals surface area contributed by atoms with Gasteiger partial charge in [-0.25, -0.2) is 9.18 Å². The fraction of sp³-hybridized carbons (Fsp3) is 0.263. The van der Waals surface area contributed by atoms with Crippen molar-refractivity contribution in [2.75, 3.05) is 11.9 Å². The van der Waals surface area contributed by atoms with Crippen LogP contribution >= 0.6 is 0 Å². The van der Waals surface area contributed by atoms with E-state index in [9.17, 15) is 14.0 Å². The van der Waals surface area contributed by atoms with Crippen molar-refractivity contribution in [1.29, 1.82) is 0 Å². The van der Waals surface area contributed by atoms with Crippen LogP contribution in [0.1, 0.15) is 19.4 Å². The fourth-order valence-electron chi connectivity index (χ4n) is 2.03. The van der Waals surface area contributed by atoms with Crippen LogP contribution in [0.25, 0.3) is 0 Å². The molecule has 5 nitrogen and oxygen atoms in total. The van der Waals surface area contributed by atoms with Crippen molar-refractivity contribution in [3.8, 4) is 5.75 Å². The van der Waals surface area contributed by atoms with Crippen LogP contribution in [0.15, 0.2) is 48.5 Å². The highest BCUT2D eigenvalue weighted by molar-refractivity contribution is 5.95. The number of aryl methyl sites for hydroxylation is 1. The van der Waals surface area contributed by atoms with E-state index in [4.69, 9.17) is 9.47 Å². The number of carbonyl (C=O) groups excluding carboxylic acids is 2. The van der Waals surface area contributed by atoms with Gasteiger partial charge in [-0.15, -0.1) is 0 Å². The molecule has 0 heterocycles. The van der Waals surface area contributed by atoms with Crippen LogP contribution in [0.2, 0.25) is 0 Å². The predicted molar refractivity (Wildman–Crippen MR) is 91.9 cm³/mol. The molecule has 1 amide bonds. The Bertz CT molecular complexity index is 713. The average Bonchev–Trinajstić information content (AvgIpc) is 2.62. The lowest BCUT2D eigenvalue weighted by atomic mass is 10.2. The Hall–Kier alpha value is -2.89. The Kier molecular flexibility index (Phi) is 6.51. The molecule has 0 saturated heterocycles. The van der Waals surface area contributed by atoms with Crippen LogP contribution in [-0.2, 0) is 20.7 Å². The van der Waals surface area contributed by atoms with E-state index in [1.54, 1.807) is 12.1 Å². The summed E-state index contributed by atoms with van der Waals surface area (Å²) >= 11 is 0. The van der Waals surface area contributed by atoms with Gasteiger partial charge in [-0.3, -0.25) is 4.79 Å². The summed E-state index contributed by atoms with van der Waals surface area (Å²) in [5.74, 6) is -1.01. The number of carbonyl (C=O) groups is 2. The van der Waals surface area contributed by atoms with Crippen molar-refractivity contribution in [3.63, 3.8) is 0 Å². The van der Waals surface area contributed by atoms with Gasteiger partial charge in [0.1, 0.15) is 11.6 Å². The standard InChI is InChI=1S/C19H20FNO4/c1-3-14-4-10-17(11-5-14)24-12-18(22)25-13(2)19(23)21-16-8-6-15(20)7-9-16/h4-11,13H,3,12H2,1-2H3,(H,21,23)/t13-/m1/s1. The number of halogens is 1. The highest BCUT2D eigenvalue weighted by atomic mass is 19.1. The van der Waals surface area contributed by atoms with Crippen molar-refractivity contribution in [3.05, 3.63) is 59.9 Å². The van der Waals surface area contributed by atoms with Crippen molar-refractivity contribution in [2.45, 2.75) is 26.4 Å². The van der Waals surface area contributed by atoms with Gasteiger partial charge in [0.2, 0.25) is 0 Å². The second-order valence-electron chi connectivity index (χ2n) is 5.41. The maximum Gasteiger partial charge on any atom is 0.344 e. The molecule has 2 aromatic rings. The Morgan fingerprint density at radius 2 is 1.72 bits per heavy atom. The smallest absolute Gasteiger partial charge is 0.344 e. The summed E-state index contributed by atoms with van der Waals surface area (Å²) in [6, 6.07) is 12.7. The number of ether oxygens (including phenoxy) is 2. The average molecular weight is 345 g/mol. The van der Waals surface area contributed by atoms with Gasteiger partial charge in [-0.2, -0.15) is 0 Å². The minimum atomic E-state index is -0.997. The third-order valence-electron chi connectivity index (χ3n) is 3.48. The van der Waals surface area contributed by atoms with E-state index in [1.807, 2.05) is 19.1 Å². The highest BCUT2D eigenvalue weighted by Gasteiger charge is 2.18. The van der Waals surface area contributed by atoms with Crippen molar-refractivity contribution in [1.82, 2.24) is 0 Å². The molecule has 0 unspecified atom stereocenters. The highest BCUT2D eigenvalue weighted by Crippen LogP contribution is 2.13. The topological polar surface area (TPSA) is 64.6 Å². The fourth-order valence-corrected chi connectivity index (χ4v) is 2.03. The Morgan fingerprint density at radius 3 is 2.32 bits per heavy atom. The third-order valence-corrected chi connectivity index (χ3v) is 3.48. The normalized spacial score (nSPS) is 11.5. The molecule has 0 aliphatic carbocycles. The Balaban J connectivity index is 1.78. The molecule has 0 aliphatic rings. The van der Waals surface area contributed by atoms with E-state index in [0.717, 1.165) is 6.42 Å². The molecular weight excluding hydrogens is 325 g/mol. The van der Waals surface area contributed by atoms with Gasteiger partial charge in [0.25, 0.3) is 5.91 Å². The molecule has 0 aliphatic heterocycles. The summed E-state index contributed by atoms with van der Waals surface area (Å²) in [5.41, 5.74) is 1.59. The lowest BCUT2D eigenvalue weighted by Gasteiger charge is -2.14. The SMILES string of the molecule is CCc1ccc(OCC(=O)O[C@H](C)C(=O)Nc2ccc(F)cc2)cc1. The molecule has 0 fully saturated rings. The number of benzene rings is 2. The van der Waals surface area contributed by atoms with Crippen LogP contribution in [0.4, 0.5) is 10.1 Å². The molecule has 0 radical (unpaired) electrons. The number of esters is 1. The van der Waals surface area contributed by atoms with E-state index in [-0.39, 0.29) is 6.61 Å². The summed E-state index contributed by atoms with van der Waals surface area (Å²) in [5, 5.41) is 2.54. The molecule has 2 rings (SSSR count). The molecule has 1 N–H and O–H groups in total. The first-order chi connectivity index (χ1) is 12.0. The summed E-state index contributed by atoms with van der Waals surface area (Å²) in [6.07, 6.45) is -0.0770. The largest absolute Gasteiger partial charge is 0.482 e. The first-order valence-corrected chi connectivity index (χ1v) is 7.95. The number of hydrogen-bond acceptors (Lipinski definition) is 4. The van der Waals surface area contributed by atoms with Gasteiger partial charge < -0.3 is 14.8 Å². The second-order valence-corrected chi connectivity index (χ2v) is 5.41. The molecule has 0 spiro atoms. The quantitative estimate of drug-likeness (QED) is 0.782. The number of anilines is 1. The zero-order chi connectivity index (χ0) is 18.2. The summed E-state index contributed by atoms with van der Waals surface area (Å²) in [7, 11) is 0. The molecular formula is C19H20FNO4. The van der Waals surface area contributed by atoms with Crippen molar-refractivity contribution in [2.24, 2.45) is 0 Å². The lowest BCUT2D eigenvalue weighted by molar-refractivity contribution is -0.155. The van der Waals surface area contributed by atoms with E-state index < -0.39 is 23.8 Å². The molecule has 25 heavy (non-hydrogen) atoms. The number of hydrogen-bond donors (Lipinski definition) is 1. The van der Waals surface area contributed by atoms with Gasteiger partial charge in [-0.05, 0) is 55.3 Å². The van der Waals surface area contributed by atoms with Crippen molar-refractivity contribution >= 4 is 17.6 Å². The van der Waals surface area contributed by atoms with E-state index >= 15 is 0 Å². The third kappa shape index (κ3) is 5.91. The number of nitrogens with one attached hydrogen (secondary N) is 1. The monoisotopic (exact) mass is 345 g/mol. The van der Waals surface area contributed by atoms with E-state index in [2.05, 4.69) is 5.32 Å².